The Bertz CT molecular complexity index is 908. The van der Waals surface area contributed by atoms with Crippen LogP contribution in [0.5, 0.6) is 5.75 Å². The van der Waals surface area contributed by atoms with E-state index in [-0.39, 0.29) is 21.9 Å². The molecular formula is C21H20ClNO4. The Morgan fingerprint density at radius 1 is 1.19 bits per heavy atom. The van der Waals surface area contributed by atoms with Crippen LogP contribution < -0.4 is 4.74 Å². The van der Waals surface area contributed by atoms with E-state index in [1.807, 2.05) is 37.3 Å². The van der Waals surface area contributed by atoms with E-state index in [1.54, 1.807) is 18.2 Å². The highest BCUT2D eigenvalue weighted by atomic mass is 35.5. The Morgan fingerprint density at radius 2 is 1.89 bits per heavy atom. The van der Waals surface area contributed by atoms with Gasteiger partial charge in [0.05, 0.1) is 23.7 Å². The second kappa shape index (κ2) is 7.84. The van der Waals surface area contributed by atoms with Gasteiger partial charge in [0.2, 0.25) is 0 Å². The summed E-state index contributed by atoms with van der Waals surface area (Å²) in [6.45, 7) is 2.34. The molecule has 1 amide bonds. The van der Waals surface area contributed by atoms with Gasteiger partial charge in [0, 0.05) is 12.1 Å². The van der Waals surface area contributed by atoms with Crippen LogP contribution >= 0.6 is 11.6 Å². The zero-order valence-corrected chi connectivity index (χ0v) is 15.9. The molecule has 1 N–H and O–H groups in total. The highest BCUT2D eigenvalue weighted by molar-refractivity contribution is 6.47. The number of carbonyl (C=O) groups is 2. The molecule has 0 spiro atoms. The number of aliphatic hydroxyl groups is 1. The second-order valence-corrected chi connectivity index (χ2v) is 6.66. The van der Waals surface area contributed by atoms with E-state index in [2.05, 4.69) is 0 Å². The molecule has 1 atom stereocenters. The Balaban J connectivity index is 2.22. The number of rotatable bonds is 5. The first kappa shape index (κ1) is 19.0. The first-order valence-corrected chi connectivity index (χ1v) is 9.04. The quantitative estimate of drug-likeness (QED) is 0.476. The summed E-state index contributed by atoms with van der Waals surface area (Å²) in [6, 6.07) is 13.3. The van der Waals surface area contributed by atoms with Crippen LogP contribution in [0.2, 0.25) is 5.02 Å². The van der Waals surface area contributed by atoms with Crippen molar-refractivity contribution in [1.29, 1.82) is 0 Å². The van der Waals surface area contributed by atoms with Gasteiger partial charge in [-0.05, 0) is 30.2 Å². The molecular weight excluding hydrogens is 366 g/mol. The van der Waals surface area contributed by atoms with Gasteiger partial charge in [-0.25, -0.2) is 0 Å². The third-order valence-electron chi connectivity index (χ3n) is 4.55. The number of ether oxygens (including phenoxy) is 1. The molecule has 0 aromatic heterocycles. The minimum Gasteiger partial charge on any atom is -0.507 e. The standard InChI is InChI=1S/C21H20ClNO4/c1-3-11-23-18(13-7-5-4-6-8-13)17(20(25)21(23)26)19(24)15-12-14(27-2)9-10-16(15)22/h4-10,12,18,24H,3,11H2,1-2H3/b19-17+. The van der Waals surface area contributed by atoms with Gasteiger partial charge >= 0.3 is 0 Å². The molecule has 2 aromatic carbocycles. The number of aliphatic hydroxyl groups excluding tert-OH is 1. The number of amides is 1. The topological polar surface area (TPSA) is 66.8 Å². The van der Waals surface area contributed by atoms with Crippen LogP contribution in [0.25, 0.3) is 5.76 Å². The molecule has 0 bridgehead atoms. The summed E-state index contributed by atoms with van der Waals surface area (Å²) in [5, 5.41) is 11.2. The van der Waals surface area contributed by atoms with Crippen molar-refractivity contribution in [3.8, 4) is 5.75 Å². The molecule has 140 valence electrons. The summed E-state index contributed by atoms with van der Waals surface area (Å²) < 4.78 is 5.19. The average Bonchev–Trinajstić information content (AvgIpc) is 2.94. The fourth-order valence-corrected chi connectivity index (χ4v) is 3.50. The maximum absolute atomic E-state index is 12.8. The fourth-order valence-electron chi connectivity index (χ4n) is 3.29. The van der Waals surface area contributed by atoms with Crippen molar-refractivity contribution in [3.63, 3.8) is 0 Å². The first-order chi connectivity index (χ1) is 13.0. The van der Waals surface area contributed by atoms with Crippen molar-refractivity contribution < 1.29 is 19.4 Å². The van der Waals surface area contributed by atoms with Gasteiger partial charge in [-0.1, -0.05) is 48.9 Å². The number of likely N-dealkylation sites (tertiary alicyclic amines) is 1. The van der Waals surface area contributed by atoms with E-state index in [9.17, 15) is 14.7 Å². The second-order valence-electron chi connectivity index (χ2n) is 6.25. The zero-order chi connectivity index (χ0) is 19.6. The highest BCUT2D eigenvalue weighted by Crippen LogP contribution is 2.40. The number of carbonyl (C=O) groups excluding carboxylic acids is 2. The molecule has 0 aliphatic carbocycles. The van der Waals surface area contributed by atoms with E-state index < -0.39 is 17.7 Å². The number of hydrogen-bond donors (Lipinski definition) is 1. The van der Waals surface area contributed by atoms with Crippen molar-refractivity contribution >= 4 is 29.1 Å². The van der Waals surface area contributed by atoms with Gasteiger partial charge in [-0.3, -0.25) is 9.59 Å². The van der Waals surface area contributed by atoms with Crippen LogP contribution in [0.15, 0.2) is 54.1 Å². The van der Waals surface area contributed by atoms with Crippen LogP contribution in [0.3, 0.4) is 0 Å². The molecule has 0 radical (unpaired) electrons. The minimum atomic E-state index is -0.714. The summed E-state index contributed by atoms with van der Waals surface area (Å²) in [6.07, 6.45) is 0.691. The Morgan fingerprint density at radius 3 is 2.52 bits per heavy atom. The smallest absolute Gasteiger partial charge is 0.295 e. The van der Waals surface area contributed by atoms with Crippen molar-refractivity contribution in [1.82, 2.24) is 4.90 Å². The maximum Gasteiger partial charge on any atom is 0.295 e. The number of hydrogen-bond acceptors (Lipinski definition) is 4. The number of methoxy groups -OCH3 is 1. The van der Waals surface area contributed by atoms with E-state index in [0.29, 0.717) is 18.7 Å². The molecule has 3 rings (SSSR count). The third kappa shape index (κ3) is 3.43. The van der Waals surface area contributed by atoms with E-state index in [0.717, 1.165) is 5.56 Å². The summed E-state index contributed by atoms with van der Waals surface area (Å²) in [4.78, 5) is 26.9. The Hall–Kier alpha value is -2.79. The van der Waals surface area contributed by atoms with E-state index in [4.69, 9.17) is 16.3 Å². The third-order valence-corrected chi connectivity index (χ3v) is 4.88. The predicted octanol–water partition coefficient (Wildman–Crippen LogP) is 4.18. The molecule has 1 saturated heterocycles. The minimum absolute atomic E-state index is 0.0369. The zero-order valence-electron chi connectivity index (χ0n) is 15.1. The van der Waals surface area contributed by atoms with Crippen molar-refractivity contribution in [2.24, 2.45) is 0 Å². The van der Waals surface area contributed by atoms with Crippen LogP contribution in [-0.2, 0) is 9.59 Å². The van der Waals surface area contributed by atoms with Gasteiger partial charge in [0.25, 0.3) is 11.7 Å². The first-order valence-electron chi connectivity index (χ1n) is 8.66. The molecule has 1 aliphatic heterocycles. The Labute approximate surface area is 162 Å². The molecule has 1 fully saturated rings. The molecule has 1 unspecified atom stereocenters. The summed E-state index contributed by atoms with van der Waals surface area (Å²) >= 11 is 6.24. The predicted molar refractivity (Wildman–Crippen MR) is 104 cm³/mol. The van der Waals surface area contributed by atoms with Crippen LogP contribution in [0.4, 0.5) is 0 Å². The van der Waals surface area contributed by atoms with Gasteiger partial charge in [0.1, 0.15) is 11.5 Å². The maximum atomic E-state index is 12.8. The lowest BCUT2D eigenvalue weighted by Gasteiger charge is -2.24. The number of Topliss-reactive ketones (excluding diaryl/α,β-unsaturated/α-hetero) is 1. The van der Waals surface area contributed by atoms with Crippen molar-refractivity contribution in [3.05, 3.63) is 70.3 Å². The summed E-state index contributed by atoms with van der Waals surface area (Å²) in [5.41, 5.74) is 1.05. The van der Waals surface area contributed by atoms with Crippen LogP contribution in [-0.4, -0.2) is 35.4 Å². The Kier molecular flexibility index (Phi) is 5.51. The van der Waals surface area contributed by atoms with Gasteiger partial charge < -0.3 is 14.7 Å². The molecule has 27 heavy (non-hydrogen) atoms. The molecule has 0 saturated carbocycles. The number of benzene rings is 2. The lowest BCUT2D eigenvalue weighted by atomic mass is 9.95. The monoisotopic (exact) mass is 385 g/mol. The van der Waals surface area contributed by atoms with Crippen LogP contribution in [0, 0.1) is 0 Å². The fraction of sp³-hybridized carbons (Fsp3) is 0.238. The van der Waals surface area contributed by atoms with Gasteiger partial charge in [-0.15, -0.1) is 0 Å². The lowest BCUT2D eigenvalue weighted by Crippen LogP contribution is -2.30. The van der Waals surface area contributed by atoms with Crippen molar-refractivity contribution in [2.45, 2.75) is 19.4 Å². The molecule has 6 heteroatoms. The SMILES string of the molecule is CCCN1C(=O)C(=O)/C(=C(/O)c2cc(OC)ccc2Cl)C1c1ccccc1. The largest absolute Gasteiger partial charge is 0.507 e. The van der Waals surface area contributed by atoms with Crippen LogP contribution in [0.1, 0.15) is 30.5 Å². The molecule has 2 aromatic rings. The molecule has 5 nitrogen and oxygen atoms in total. The normalized spacial score (nSPS) is 18.8. The van der Waals surface area contributed by atoms with Gasteiger partial charge in [-0.2, -0.15) is 0 Å². The highest BCUT2D eigenvalue weighted by Gasteiger charge is 2.45. The van der Waals surface area contributed by atoms with E-state index >= 15 is 0 Å². The molecule has 1 heterocycles. The van der Waals surface area contributed by atoms with Gasteiger partial charge in [0.15, 0.2) is 0 Å². The lowest BCUT2D eigenvalue weighted by molar-refractivity contribution is -0.139. The summed E-state index contributed by atoms with van der Waals surface area (Å²) in [7, 11) is 1.50. The summed E-state index contributed by atoms with van der Waals surface area (Å²) in [5.74, 6) is -1.15. The molecule has 1 aliphatic rings. The van der Waals surface area contributed by atoms with E-state index in [1.165, 1.54) is 12.0 Å². The average molecular weight is 386 g/mol. The number of nitrogens with zero attached hydrogens (tertiary/aromatic N) is 1. The number of ketones is 1. The number of halogens is 1. The van der Waals surface area contributed by atoms with Crippen molar-refractivity contribution in [2.75, 3.05) is 13.7 Å².